The number of hydrogen-bond acceptors (Lipinski definition) is 5. The van der Waals surface area contributed by atoms with Gasteiger partial charge in [-0.2, -0.15) is 0 Å². The molecule has 0 bridgehead atoms. The van der Waals surface area contributed by atoms with Crippen molar-refractivity contribution in [2.75, 3.05) is 24.6 Å². The summed E-state index contributed by atoms with van der Waals surface area (Å²) in [6.07, 6.45) is 2.15. The first-order valence-electron chi connectivity index (χ1n) is 10.8. The first-order chi connectivity index (χ1) is 15.6. The fourth-order valence-electron chi connectivity index (χ4n) is 3.87. The molecule has 166 valence electrons. The predicted molar refractivity (Wildman–Crippen MR) is 121 cm³/mol. The van der Waals surface area contributed by atoms with Gasteiger partial charge in [0, 0.05) is 31.0 Å². The smallest absolute Gasteiger partial charge is 0.410 e. The van der Waals surface area contributed by atoms with Crippen molar-refractivity contribution in [2.45, 2.75) is 26.3 Å². The van der Waals surface area contributed by atoms with Crippen molar-refractivity contribution in [3.63, 3.8) is 0 Å². The zero-order chi connectivity index (χ0) is 22.5. The van der Waals surface area contributed by atoms with Crippen LogP contribution in [0.25, 0.3) is 0 Å². The highest BCUT2D eigenvalue weighted by atomic mass is 19.1. The van der Waals surface area contributed by atoms with Crippen LogP contribution in [0, 0.1) is 5.82 Å². The van der Waals surface area contributed by atoms with Gasteiger partial charge in [-0.1, -0.05) is 18.2 Å². The quantitative estimate of drug-likeness (QED) is 0.464. The number of aromatic nitrogens is 1. The summed E-state index contributed by atoms with van der Waals surface area (Å²) in [7, 11) is 0. The lowest BCUT2D eigenvalue weighted by atomic mass is 10.1. The van der Waals surface area contributed by atoms with E-state index in [1.54, 1.807) is 17.2 Å². The summed E-state index contributed by atoms with van der Waals surface area (Å²) in [5, 5.41) is 0. The molecule has 2 heterocycles. The van der Waals surface area contributed by atoms with E-state index in [1.165, 1.54) is 6.07 Å². The molecule has 3 aromatic rings. The number of benzene rings is 2. The Kier molecular flexibility index (Phi) is 6.54. The van der Waals surface area contributed by atoms with Crippen LogP contribution in [0.3, 0.4) is 0 Å². The highest BCUT2D eigenvalue weighted by molar-refractivity contribution is 5.70. The van der Waals surface area contributed by atoms with Gasteiger partial charge in [0.15, 0.2) is 11.6 Å². The lowest BCUT2D eigenvalue weighted by Gasteiger charge is -2.22. The minimum absolute atomic E-state index is 0.0323. The molecule has 1 aliphatic rings. The molecule has 4 rings (SSSR count). The van der Waals surface area contributed by atoms with E-state index in [2.05, 4.69) is 4.98 Å². The van der Waals surface area contributed by atoms with Crippen LogP contribution in [-0.2, 0) is 11.2 Å². The number of hydrogen-bond donors (Lipinski definition) is 0. The summed E-state index contributed by atoms with van der Waals surface area (Å²) in [6, 6.07) is 18.1. The SMILES string of the molecule is CCN(c1ccc(Oc2ccc(CC3COC(=O)N3CC)cc2)c(F)c1)c1ccccn1. The lowest BCUT2D eigenvalue weighted by molar-refractivity contribution is 0.159. The molecule has 1 aromatic heterocycles. The molecule has 32 heavy (non-hydrogen) atoms. The molecule has 0 saturated carbocycles. The third kappa shape index (κ3) is 4.66. The molecule has 1 saturated heterocycles. The Hall–Kier alpha value is -3.61. The third-order valence-electron chi connectivity index (χ3n) is 5.51. The number of halogens is 1. The number of pyridine rings is 1. The van der Waals surface area contributed by atoms with Crippen LogP contribution in [0.1, 0.15) is 19.4 Å². The molecule has 1 aliphatic heterocycles. The third-order valence-corrected chi connectivity index (χ3v) is 5.51. The molecule has 2 aromatic carbocycles. The van der Waals surface area contributed by atoms with Crippen LogP contribution >= 0.6 is 0 Å². The summed E-state index contributed by atoms with van der Waals surface area (Å²) in [5.74, 6) is 1.02. The number of likely N-dealkylation sites (N-methyl/N-ethyl adjacent to an activating group) is 1. The van der Waals surface area contributed by atoms with Crippen molar-refractivity contribution >= 4 is 17.6 Å². The molecule has 6 nitrogen and oxygen atoms in total. The average molecular weight is 435 g/mol. The Morgan fingerprint density at radius 2 is 1.97 bits per heavy atom. The van der Waals surface area contributed by atoms with E-state index < -0.39 is 5.82 Å². The van der Waals surface area contributed by atoms with Gasteiger partial charge in [0.05, 0.1) is 6.04 Å². The Balaban J connectivity index is 1.43. The van der Waals surface area contributed by atoms with Gasteiger partial charge >= 0.3 is 6.09 Å². The van der Waals surface area contributed by atoms with Gasteiger partial charge < -0.3 is 19.3 Å². The molecule has 0 N–H and O–H groups in total. The maximum Gasteiger partial charge on any atom is 0.410 e. The Bertz CT molecular complexity index is 1060. The number of amides is 1. The van der Waals surface area contributed by atoms with E-state index >= 15 is 0 Å². The van der Waals surface area contributed by atoms with Crippen LogP contribution in [0.2, 0.25) is 0 Å². The summed E-state index contributed by atoms with van der Waals surface area (Å²) in [6.45, 7) is 5.61. The monoisotopic (exact) mass is 435 g/mol. The van der Waals surface area contributed by atoms with E-state index in [0.717, 1.165) is 11.4 Å². The summed E-state index contributed by atoms with van der Waals surface area (Å²) >= 11 is 0. The molecule has 1 amide bonds. The van der Waals surface area contributed by atoms with E-state index in [9.17, 15) is 9.18 Å². The van der Waals surface area contributed by atoms with Crippen molar-refractivity contribution in [1.29, 1.82) is 0 Å². The first-order valence-corrected chi connectivity index (χ1v) is 10.8. The van der Waals surface area contributed by atoms with E-state index in [1.807, 2.05) is 67.3 Å². The summed E-state index contributed by atoms with van der Waals surface area (Å²) in [4.78, 5) is 19.7. The first kappa shape index (κ1) is 21.6. The normalized spacial score (nSPS) is 15.5. The topological polar surface area (TPSA) is 54.9 Å². The molecular weight excluding hydrogens is 409 g/mol. The number of anilines is 2. The zero-order valence-corrected chi connectivity index (χ0v) is 18.2. The van der Waals surface area contributed by atoms with Gasteiger partial charge in [0.25, 0.3) is 0 Å². The Labute approximate surface area is 187 Å². The van der Waals surface area contributed by atoms with Gasteiger partial charge in [-0.3, -0.25) is 0 Å². The van der Waals surface area contributed by atoms with Gasteiger partial charge in [0.1, 0.15) is 18.2 Å². The standard InChI is InChI=1S/C25H26FN3O3/c1-3-28(24-7-5-6-14-27-24)19-10-13-23(22(26)16-19)32-21-11-8-18(9-12-21)15-20-17-31-25(30)29(20)4-2/h5-14,16,20H,3-4,15,17H2,1-2H3. The summed E-state index contributed by atoms with van der Waals surface area (Å²) < 4.78 is 25.7. The van der Waals surface area contributed by atoms with Crippen LogP contribution in [-0.4, -0.2) is 41.7 Å². The second kappa shape index (κ2) is 9.68. The molecule has 1 fully saturated rings. The van der Waals surface area contributed by atoms with Crippen LogP contribution in [0.5, 0.6) is 11.5 Å². The molecule has 1 unspecified atom stereocenters. The predicted octanol–water partition coefficient (Wildman–Crippen LogP) is 5.55. The number of carbonyl (C=O) groups is 1. The van der Waals surface area contributed by atoms with Gasteiger partial charge in [-0.25, -0.2) is 14.2 Å². The fourth-order valence-corrected chi connectivity index (χ4v) is 3.87. The Morgan fingerprint density at radius 3 is 2.62 bits per heavy atom. The van der Waals surface area contributed by atoms with Gasteiger partial charge in [-0.15, -0.1) is 0 Å². The van der Waals surface area contributed by atoms with Gasteiger partial charge in [0.2, 0.25) is 0 Å². The number of cyclic esters (lactones) is 1. The summed E-state index contributed by atoms with van der Waals surface area (Å²) in [5.41, 5.74) is 1.77. The largest absolute Gasteiger partial charge is 0.454 e. The molecule has 1 atom stereocenters. The minimum Gasteiger partial charge on any atom is -0.454 e. The lowest BCUT2D eigenvalue weighted by Crippen LogP contribution is -2.34. The maximum absolute atomic E-state index is 14.8. The van der Waals surface area contributed by atoms with Crippen molar-refractivity contribution in [2.24, 2.45) is 0 Å². The molecule has 7 heteroatoms. The number of rotatable bonds is 8. The van der Waals surface area contributed by atoms with Crippen molar-refractivity contribution in [1.82, 2.24) is 9.88 Å². The number of nitrogens with zero attached hydrogens (tertiary/aromatic N) is 3. The average Bonchev–Trinajstić information content (AvgIpc) is 3.17. The number of ether oxygens (including phenoxy) is 2. The molecule has 0 aliphatic carbocycles. The van der Waals surface area contributed by atoms with Crippen molar-refractivity contribution in [3.05, 3.63) is 78.2 Å². The zero-order valence-electron chi connectivity index (χ0n) is 18.2. The fraction of sp³-hybridized carbons (Fsp3) is 0.280. The van der Waals surface area contributed by atoms with E-state index in [0.29, 0.717) is 37.6 Å². The highest BCUT2D eigenvalue weighted by Crippen LogP contribution is 2.31. The van der Waals surface area contributed by atoms with Crippen molar-refractivity contribution in [3.8, 4) is 11.5 Å². The van der Waals surface area contributed by atoms with Crippen LogP contribution < -0.4 is 9.64 Å². The second-order valence-electron chi connectivity index (χ2n) is 7.51. The van der Waals surface area contributed by atoms with Crippen LogP contribution in [0.4, 0.5) is 20.7 Å². The highest BCUT2D eigenvalue weighted by Gasteiger charge is 2.31. The maximum atomic E-state index is 14.8. The van der Waals surface area contributed by atoms with E-state index in [-0.39, 0.29) is 17.9 Å². The molecule has 0 radical (unpaired) electrons. The molecular formula is C25H26FN3O3. The second-order valence-corrected chi connectivity index (χ2v) is 7.51. The molecule has 0 spiro atoms. The van der Waals surface area contributed by atoms with Crippen LogP contribution in [0.15, 0.2) is 66.9 Å². The van der Waals surface area contributed by atoms with E-state index in [4.69, 9.17) is 9.47 Å². The van der Waals surface area contributed by atoms with Crippen molar-refractivity contribution < 1.29 is 18.7 Å². The number of carbonyl (C=O) groups excluding carboxylic acids is 1. The van der Waals surface area contributed by atoms with Gasteiger partial charge in [-0.05, 0) is 62.2 Å². The minimum atomic E-state index is -0.443. The Morgan fingerprint density at radius 1 is 1.16 bits per heavy atom.